The molecule has 0 aromatic heterocycles. The maximum atomic E-state index is 13.0. The Bertz CT molecular complexity index is 1780. The third-order valence-corrected chi connectivity index (χ3v) is 12.6. The molecule has 5 heterocycles. The van der Waals surface area contributed by atoms with E-state index in [9.17, 15) is 101 Å². The third kappa shape index (κ3) is 13.1. The number of nitrogens with one attached hydrogen (secondary N) is 3. The van der Waals surface area contributed by atoms with Gasteiger partial charge in [-0.1, -0.05) is 0 Å². The van der Waals surface area contributed by atoms with E-state index in [1.165, 1.54) is 6.92 Å². The van der Waals surface area contributed by atoms with Gasteiger partial charge in [0.25, 0.3) is 5.79 Å². The first-order valence-corrected chi connectivity index (χ1v) is 22.2. The van der Waals surface area contributed by atoms with Crippen LogP contribution in [0.5, 0.6) is 0 Å². The van der Waals surface area contributed by atoms with E-state index in [-0.39, 0.29) is 0 Å². The molecular weight excluding hydrogens is 974 g/mol. The van der Waals surface area contributed by atoms with Crippen molar-refractivity contribution in [3.63, 3.8) is 0 Å². The second kappa shape index (κ2) is 25.0. The maximum Gasteiger partial charge on any atom is 0.364 e. The van der Waals surface area contributed by atoms with Gasteiger partial charge in [-0.05, 0) is 6.92 Å². The lowest BCUT2D eigenvalue weighted by Gasteiger charge is -2.51. The van der Waals surface area contributed by atoms with E-state index in [0.29, 0.717) is 0 Å². The molecule has 0 spiro atoms. The quantitative estimate of drug-likeness (QED) is 0.0571. The van der Waals surface area contributed by atoms with E-state index in [1.54, 1.807) is 0 Å². The first kappa shape index (κ1) is 58.8. The summed E-state index contributed by atoms with van der Waals surface area (Å²) in [5.74, 6) is -7.98. The highest BCUT2D eigenvalue weighted by atomic mass is 16.8. The minimum atomic E-state index is -3.11. The molecule has 0 aromatic rings. The molecule has 71 heavy (non-hydrogen) atoms. The van der Waals surface area contributed by atoms with E-state index in [2.05, 4.69) is 16.0 Å². The van der Waals surface area contributed by atoms with Gasteiger partial charge < -0.3 is 140 Å². The standard InChI is InChI=1S/C39H65N3O29/c1-10-22(52)28(58)29(59)36(64-10)70-33-32(69-35-21(41-12(3)48)26(56)24(54)15(6-44)66-35)25(55)16(7-45)67-37(33)68-30-17(65-34(60)20(27(30)57)40-11(2)47)9-63-39(38(61)62)4-13(49)19(42-18(51)8-46)31(71-39)23(53)14(50)5-43/h10,13-17,19-37,43-46,49-50,52-60H,4-9H2,1-3H3,(H,40,47)(H,41,48)(H,42,51)(H,61,62)/t10-,13-,14+,15+,16+,17+,19+,20+,21+,22+,23+,24-,25-,26+,27+,28+,29-,30-,31+,32-,33+,34-,35+,36-,37-,39+/m0/s1. The fourth-order valence-corrected chi connectivity index (χ4v) is 8.75. The highest BCUT2D eigenvalue weighted by Gasteiger charge is 2.59. The monoisotopic (exact) mass is 1040 g/mol. The number of carboxylic acid groups (broad SMARTS) is 1. The first-order valence-electron chi connectivity index (χ1n) is 22.2. The number of hydrogen-bond acceptors (Lipinski definition) is 28. The summed E-state index contributed by atoms with van der Waals surface area (Å²) in [6.07, 6.45) is -44.9. The molecule has 0 aliphatic carbocycles. The second-order valence-electron chi connectivity index (χ2n) is 17.6. The van der Waals surface area contributed by atoms with Gasteiger partial charge >= 0.3 is 5.97 Å². The zero-order chi connectivity index (χ0) is 53.0. The van der Waals surface area contributed by atoms with Crippen LogP contribution < -0.4 is 16.0 Å². The molecule has 5 rings (SSSR count). The molecule has 5 saturated heterocycles. The molecule has 3 amide bonds. The van der Waals surface area contributed by atoms with Gasteiger partial charge in [-0.15, -0.1) is 0 Å². The van der Waals surface area contributed by atoms with E-state index >= 15 is 0 Å². The van der Waals surface area contributed by atoms with Crippen molar-refractivity contribution in [3.05, 3.63) is 0 Å². The number of aliphatic hydroxyl groups excluding tert-OH is 15. The van der Waals surface area contributed by atoms with Crippen LogP contribution >= 0.6 is 0 Å². The van der Waals surface area contributed by atoms with Crippen LogP contribution in [0.1, 0.15) is 27.2 Å². The van der Waals surface area contributed by atoms with Crippen molar-refractivity contribution in [3.8, 4) is 0 Å². The Balaban J connectivity index is 1.57. The van der Waals surface area contributed by atoms with Crippen LogP contribution in [-0.4, -0.2) is 297 Å². The van der Waals surface area contributed by atoms with Gasteiger partial charge in [-0.3, -0.25) is 14.4 Å². The number of amides is 3. The van der Waals surface area contributed by atoms with Crippen LogP contribution in [0.4, 0.5) is 0 Å². The Hall–Kier alpha value is -3.08. The Morgan fingerprint density at radius 1 is 0.620 bits per heavy atom. The highest BCUT2D eigenvalue weighted by molar-refractivity contribution is 5.78. The molecule has 0 unspecified atom stereocenters. The van der Waals surface area contributed by atoms with Gasteiger partial charge in [0.15, 0.2) is 25.2 Å². The van der Waals surface area contributed by atoms with Crippen LogP contribution in [0.15, 0.2) is 0 Å². The van der Waals surface area contributed by atoms with Crippen LogP contribution in [0.25, 0.3) is 0 Å². The minimum absolute atomic E-state index is 0.813. The molecule has 5 aliphatic heterocycles. The minimum Gasteiger partial charge on any atom is -0.477 e. The molecule has 32 nitrogen and oxygen atoms in total. The van der Waals surface area contributed by atoms with E-state index < -0.39 is 222 Å². The third-order valence-electron chi connectivity index (χ3n) is 12.6. The Labute approximate surface area is 402 Å². The number of rotatable bonds is 19. The molecular formula is C39H65N3O29. The molecule has 5 aliphatic rings. The molecule has 19 N–H and O–H groups in total. The fraction of sp³-hybridized carbons (Fsp3) is 0.897. The van der Waals surface area contributed by atoms with Gasteiger partial charge in [0.2, 0.25) is 17.7 Å². The molecule has 0 bridgehead atoms. The molecule has 5 fully saturated rings. The molecule has 0 aromatic carbocycles. The number of carbonyl (C=O) groups excluding carboxylic acids is 3. The van der Waals surface area contributed by atoms with Crippen LogP contribution in [0, 0.1) is 0 Å². The van der Waals surface area contributed by atoms with Crippen LogP contribution in [-0.2, 0) is 61.8 Å². The normalized spacial score (nSPS) is 45.0. The summed E-state index contributed by atoms with van der Waals surface area (Å²) >= 11 is 0. The van der Waals surface area contributed by atoms with Crippen molar-refractivity contribution in [2.24, 2.45) is 0 Å². The molecule has 32 heteroatoms. The summed E-state index contributed by atoms with van der Waals surface area (Å²) in [6.45, 7) is -2.31. The predicted octanol–water partition coefficient (Wildman–Crippen LogP) is -12.3. The first-order chi connectivity index (χ1) is 33.3. The van der Waals surface area contributed by atoms with Gasteiger partial charge in [0.1, 0.15) is 116 Å². The second-order valence-corrected chi connectivity index (χ2v) is 17.6. The lowest BCUT2D eigenvalue weighted by Crippen LogP contribution is -2.71. The Morgan fingerprint density at radius 3 is 1.77 bits per heavy atom. The van der Waals surface area contributed by atoms with Gasteiger partial charge in [-0.25, -0.2) is 4.79 Å². The molecule has 0 saturated carbocycles. The SMILES string of the molecule is CC(=O)N[C@@H]1[C@@H](O)[C@@H](O[C@@H]2O[C@H](CO)[C@H](O)[C@H](O[C@H]3O[C@H](CO)[C@H](O)[C@H](O)[C@H]3NC(C)=O)[C@H]2O[C@@H]2O[C@@H](C)[C@@H](O)[C@@H](O)[C@@H]2O)[C@@H](CO[C@]2(C(=O)O)C[C@H](O)[C@@H](NC(=O)CO)[C@H]([C@H](O)[C@H](O)CO)O2)O[C@@H]1O. The predicted molar refractivity (Wildman–Crippen MR) is 219 cm³/mol. The van der Waals surface area contributed by atoms with Crippen molar-refractivity contribution in [1.29, 1.82) is 0 Å². The van der Waals surface area contributed by atoms with Crippen LogP contribution in [0.2, 0.25) is 0 Å². The average molecular weight is 1040 g/mol. The number of hydrogen-bond donors (Lipinski definition) is 19. The van der Waals surface area contributed by atoms with Gasteiger partial charge in [-0.2, -0.15) is 0 Å². The Kier molecular flexibility index (Phi) is 20.7. The summed E-state index contributed by atoms with van der Waals surface area (Å²) in [6, 6.07) is -5.30. The zero-order valence-corrected chi connectivity index (χ0v) is 38.1. The summed E-state index contributed by atoms with van der Waals surface area (Å²) in [5, 5.41) is 177. The van der Waals surface area contributed by atoms with Crippen molar-refractivity contribution >= 4 is 23.7 Å². The van der Waals surface area contributed by atoms with Crippen molar-refractivity contribution < 1.29 is 144 Å². The lowest BCUT2D eigenvalue weighted by atomic mass is 9.88. The summed E-state index contributed by atoms with van der Waals surface area (Å²) in [5.41, 5.74) is 0. The summed E-state index contributed by atoms with van der Waals surface area (Å²) in [4.78, 5) is 49.8. The maximum absolute atomic E-state index is 13.0. The molecule has 26 atom stereocenters. The summed E-state index contributed by atoms with van der Waals surface area (Å²) in [7, 11) is 0. The largest absolute Gasteiger partial charge is 0.477 e. The van der Waals surface area contributed by atoms with Crippen LogP contribution in [0.3, 0.4) is 0 Å². The van der Waals surface area contributed by atoms with Gasteiger partial charge in [0.05, 0.1) is 44.7 Å². The van der Waals surface area contributed by atoms with E-state index in [4.69, 9.17) is 42.6 Å². The number of ether oxygens (including phenoxy) is 9. The molecule has 0 radical (unpaired) electrons. The fourth-order valence-electron chi connectivity index (χ4n) is 8.75. The number of aliphatic carboxylic acids is 1. The summed E-state index contributed by atoms with van der Waals surface area (Å²) < 4.78 is 52.6. The zero-order valence-electron chi connectivity index (χ0n) is 38.1. The average Bonchev–Trinajstić information content (AvgIpc) is 3.32. The Morgan fingerprint density at radius 2 is 1.20 bits per heavy atom. The lowest BCUT2D eigenvalue weighted by molar-refractivity contribution is -0.399. The molecule has 410 valence electrons. The van der Waals surface area contributed by atoms with Crippen molar-refractivity contribution in [2.45, 2.75) is 186 Å². The highest BCUT2D eigenvalue weighted by Crippen LogP contribution is 2.38. The number of aliphatic hydroxyl groups is 15. The smallest absolute Gasteiger partial charge is 0.364 e. The number of carbonyl (C=O) groups is 4. The van der Waals surface area contributed by atoms with Gasteiger partial charge in [0, 0.05) is 20.3 Å². The van der Waals surface area contributed by atoms with E-state index in [1.807, 2.05) is 0 Å². The van der Waals surface area contributed by atoms with Crippen molar-refractivity contribution in [1.82, 2.24) is 16.0 Å². The topological polar surface area (TPSA) is 511 Å². The van der Waals surface area contributed by atoms with E-state index in [0.717, 1.165) is 13.8 Å². The number of carboxylic acids is 1. The van der Waals surface area contributed by atoms with Crippen molar-refractivity contribution in [2.75, 3.05) is 33.0 Å².